The maximum absolute atomic E-state index is 3.65. The van der Waals surface area contributed by atoms with Crippen LogP contribution in [0.1, 0.15) is 17.5 Å². The van der Waals surface area contributed by atoms with E-state index in [4.69, 9.17) is 0 Å². The van der Waals surface area contributed by atoms with E-state index in [2.05, 4.69) is 52.4 Å². The van der Waals surface area contributed by atoms with E-state index in [-0.39, 0.29) is 0 Å². The van der Waals surface area contributed by atoms with Gasteiger partial charge in [-0.2, -0.15) is 23.5 Å². The molecule has 1 aromatic carbocycles. The Labute approximate surface area is 124 Å². The third-order valence-corrected chi connectivity index (χ3v) is 6.58. The molecule has 0 aliphatic carbocycles. The minimum Gasteiger partial charge on any atom is -0.385 e. The Hall–Kier alpha value is -0.320. The summed E-state index contributed by atoms with van der Waals surface area (Å²) in [5, 5.41) is 8.02. The SMILES string of the molecule is c1cc2c(c(CNCC3CSCCS3)c1)NCCC2. The van der Waals surface area contributed by atoms with Gasteiger partial charge in [-0.3, -0.25) is 0 Å². The van der Waals surface area contributed by atoms with Crippen molar-refractivity contribution in [3.63, 3.8) is 0 Å². The van der Waals surface area contributed by atoms with Crippen molar-refractivity contribution >= 4 is 29.2 Å². The quantitative estimate of drug-likeness (QED) is 0.891. The van der Waals surface area contributed by atoms with Crippen molar-refractivity contribution in [1.29, 1.82) is 0 Å². The molecule has 0 aromatic heterocycles. The summed E-state index contributed by atoms with van der Waals surface area (Å²) in [7, 11) is 0. The lowest BCUT2D eigenvalue weighted by Crippen LogP contribution is -2.29. The highest BCUT2D eigenvalue weighted by Gasteiger charge is 2.15. The first-order chi connectivity index (χ1) is 9.43. The van der Waals surface area contributed by atoms with Crippen molar-refractivity contribution in [3.8, 4) is 0 Å². The van der Waals surface area contributed by atoms with E-state index in [0.29, 0.717) is 0 Å². The highest BCUT2D eigenvalue weighted by molar-refractivity contribution is 8.06. The summed E-state index contributed by atoms with van der Waals surface area (Å²) in [6, 6.07) is 6.72. The Morgan fingerprint density at radius 2 is 2.32 bits per heavy atom. The molecular weight excluding hydrogens is 272 g/mol. The second kappa shape index (κ2) is 6.91. The van der Waals surface area contributed by atoms with Crippen molar-refractivity contribution < 1.29 is 0 Å². The highest BCUT2D eigenvalue weighted by atomic mass is 32.2. The molecule has 19 heavy (non-hydrogen) atoms. The van der Waals surface area contributed by atoms with Crippen LogP contribution in [0.25, 0.3) is 0 Å². The normalized spacial score (nSPS) is 22.6. The first-order valence-electron chi connectivity index (χ1n) is 7.18. The number of benzene rings is 1. The zero-order valence-electron chi connectivity index (χ0n) is 11.3. The van der Waals surface area contributed by atoms with Gasteiger partial charge in [0.1, 0.15) is 0 Å². The molecule has 4 heteroatoms. The number of hydrogen-bond acceptors (Lipinski definition) is 4. The van der Waals surface area contributed by atoms with E-state index in [9.17, 15) is 0 Å². The lowest BCUT2D eigenvalue weighted by atomic mass is 9.99. The van der Waals surface area contributed by atoms with Crippen LogP contribution in [0, 0.1) is 0 Å². The van der Waals surface area contributed by atoms with E-state index in [1.165, 1.54) is 46.9 Å². The summed E-state index contributed by atoms with van der Waals surface area (Å²) in [4.78, 5) is 0. The average Bonchev–Trinajstić information content (AvgIpc) is 2.49. The highest BCUT2D eigenvalue weighted by Crippen LogP contribution is 2.26. The molecule has 0 radical (unpaired) electrons. The first kappa shape index (κ1) is 13.7. The Kier molecular flexibility index (Phi) is 4.97. The number of para-hydroxylation sites is 1. The van der Waals surface area contributed by atoms with Crippen LogP contribution in [0.2, 0.25) is 0 Å². The third kappa shape index (κ3) is 3.61. The number of thioether (sulfide) groups is 2. The summed E-state index contributed by atoms with van der Waals surface area (Å²) >= 11 is 4.23. The van der Waals surface area contributed by atoms with Gasteiger partial charge in [-0.1, -0.05) is 18.2 Å². The Balaban J connectivity index is 1.54. The molecule has 2 aliphatic rings. The molecule has 1 fully saturated rings. The smallest absolute Gasteiger partial charge is 0.0418 e. The van der Waals surface area contributed by atoms with Gasteiger partial charge in [0.15, 0.2) is 0 Å². The van der Waals surface area contributed by atoms with Gasteiger partial charge in [-0.25, -0.2) is 0 Å². The van der Waals surface area contributed by atoms with E-state index < -0.39 is 0 Å². The van der Waals surface area contributed by atoms with E-state index in [0.717, 1.165) is 24.9 Å². The maximum atomic E-state index is 3.65. The van der Waals surface area contributed by atoms with Gasteiger partial charge in [-0.05, 0) is 24.0 Å². The van der Waals surface area contributed by atoms with E-state index in [1.54, 1.807) is 0 Å². The molecule has 2 N–H and O–H groups in total. The Morgan fingerprint density at radius 3 is 3.21 bits per heavy atom. The number of anilines is 1. The van der Waals surface area contributed by atoms with Crippen LogP contribution in [0.3, 0.4) is 0 Å². The summed E-state index contributed by atoms with van der Waals surface area (Å²) < 4.78 is 0. The topological polar surface area (TPSA) is 24.1 Å². The molecule has 2 nitrogen and oxygen atoms in total. The van der Waals surface area contributed by atoms with E-state index >= 15 is 0 Å². The van der Waals surface area contributed by atoms with Crippen LogP contribution in [0.15, 0.2) is 18.2 Å². The average molecular weight is 294 g/mol. The molecule has 0 spiro atoms. The largest absolute Gasteiger partial charge is 0.385 e. The van der Waals surface area contributed by atoms with Crippen molar-refractivity contribution in [2.24, 2.45) is 0 Å². The molecule has 1 atom stereocenters. The summed E-state index contributed by atoms with van der Waals surface area (Å²) in [6.07, 6.45) is 2.49. The van der Waals surface area contributed by atoms with Crippen molar-refractivity contribution in [2.75, 3.05) is 35.7 Å². The van der Waals surface area contributed by atoms with Gasteiger partial charge in [0.2, 0.25) is 0 Å². The van der Waals surface area contributed by atoms with Gasteiger partial charge in [0.25, 0.3) is 0 Å². The molecule has 2 heterocycles. The zero-order valence-corrected chi connectivity index (χ0v) is 12.9. The lowest BCUT2D eigenvalue weighted by Gasteiger charge is -2.23. The number of hydrogen-bond donors (Lipinski definition) is 2. The second-order valence-electron chi connectivity index (χ2n) is 5.18. The lowest BCUT2D eigenvalue weighted by molar-refractivity contribution is 0.684. The Bertz CT molecular complexity index is 417. The van der Waals surface area contributed by atoms with Crippen molar-refractivity contribution in [3.05, 3.63) is 29.3 Å². The molecule has 2 aliphatic heterocycles. The summed E-state index contributed by atoms with van der Waals surface area (Å²) in [5.41, 5.74) is 4.32. The molecular formula is C15H22N2S2. The molecule has 0 saturated carbocycles. The Morgan fingerprint density at radius 1 is 1.32 bits per heavy atom. The monoisotopic (exact) mass is 294 g/mol. The third-order valence-electron chi connectivity index (χ3n) is 3.73. The predicted octanol–water partition coefficient (Wildman–Crippen LogP) is 2.98. The number of rotatable bonds is 4. The number of fused-ring (bicyclic) bond motifs is 1. The first-order valence-corrected chi connectivity index (χ1v) is 9.38. The molecule has 1 unspecified atom stereocenters. The number of aryl methyl sites for hydroxylation is 1. The fourth-order valence-corrected chi connectivity index (χ4v) is 5.40. The standard InChI is InChI=1S/C15H22N2S2/c1-3-12-5-2-6-17-15(12)13(4-1)9-16-10-14-11-18-7-8-19-14/h1,3-4,14,16-17H,2,5-11H2. The minimum atomic E-state index is 0.797. The molecule has 1 aromatic rings. The zero-order chi connectivity index (χ0) is 12.9. The van der Waals surface area contributed by atoms with Crippen molar-refractivity contribution in [1.82, 2.24) is 5.32 Å². The fraction of sp³-hybridized carbons (Fsp3) is 0.600. The fourth-order valence-electron chi connectivity index (χ4n) is 2.75. The molecule has 0 bridgehead atoms. The van der Waals surface area contributed by atoms with Gasteiger partial charge in [0.05, 0.1) is 0 Å². The van der Waals surface area contributed by atoms with Gasteiger partial charge < -0.3 is 10.6 Å². The van der Waals surface area contributed by atoms with Crippen LogP contribution in [-0.2, 0) is 13.0 Å². The van der Waals surface area contributed by atoms with Gasteiger partial charge >= 0.3 is 0 Å². The molecule has 0 amide bonds. The summed E-state index contributed by atoms with van der Waals surface area (Å²) in [6.45, 7) is 3.26. The van der Waals surface area contributed by atoms with Gasteiger partial charge in [0, 0.05) is 47.8 Å². The summed E-state index contributed by atoms with van der Waals surface area (Å²) in [5.74, 6) is 3.96. The van der Waals surface area contributed by atoms with Crippen LogP contribution < -0.4 is 10.6 Å². The predicted molar refractivity (Wildman–Crippen MR) is 88.5 cm³/mol. The van der Waals surface area contributed by atoms with E-state index in [1.807, 2.05) is 0 Å². The van der Waals surface area contributed by atoms with Gasteiger partial charge in [-0.15, -0.1) is 0 Å². The van der Waals surface area contributed by atoms with Crippen LogP contribution in [0.4, 0.5) is 5.69 Å². The van der Waals surface area contributed by atoms with Crippen LogP contribution in [0.5, 0.6) is 0 Å². The maximum Gasteiger partial charge on any atom is 0.0418 e. The molecule has 104 valence electrons. The van der Waals surface area contributed by atoms with Crippen LogP contribution >= 0.6 is 23.5 Å². The molecule has 1 saturated heterocycles. The molecule has 3 rings (SSSR count). The second-order valence-corrected chi connectivity index (χ2v) is 7.74. The van der Waals surface area contributed by atoms with Crippen molar-refractivity contribution in [2.45, 2.75) is 24.6 Å². The van der Waals surface area contributed by atoms with Crippen LogP contribution in [-0.4, -0.2) is 35.6 Å². The number of nitrogens with one attached hydrogen (secondary N) is 2. The minimum absolute atomic E-state index is 0.797.